The SMILES string of the molecule is CCCCc1nc2ccc(Br)cc2c(=O)n1N=Cc1ccc(OCc2ccc(Br)cc2)c(OCC)c1. The van der Waals surface area contributed by atoms with Crippen molar-refractivity contribution < 1.29 is 9.47 Å². The zero-order valence-corrected chi connectivity index (χ0v) is 23.4. The van der Waals surface area contributed by atoms with Crippen molar-refractivity contribution in [2.45, 2.75) is 39.7 Å². The number of aromatic nitrogens is 2. The summed E-state index contributed by atoms with van der Waals surface area (Å²) in [7, 11) is 0. The Kier molecular flexibility index (Phi) is 8.93. The maximum Gasteiger partial charge on any atom is 0.282 e. The third-order valence-corrected chi connectivity index (χ3v) is 6.55. The van der Waals surface area contributed by atoms with Crippen molar-refractivity contribution >= 4 is 49.0 Å². The Bertz CT molecular complexity index is 1430. The summed E-state index contributed by atoms with van der Waals surface area (Å²) in [5, 5.41) is 5.06. The molecule has 0 bridgehead atoms. The second-order valence-corrected chi connectivity index (χ2v) is 10.0. The molecule has 0 fully saturated rings. The van der Waals surface area contributed by atoms with Crippen molar-refractivity contribution in [2.24, 2.45) is 5.10 Å². The van der Waals surface area contributed by atoms with Gasteiger partial charge in [0, 0.05) is 15.4 Å². The number of hydrogen-bond acceptors (Lipinski definition) is 5. The van der Waals surface area contributed by atoms with Gasteiger partial charge in [-0.15, -0.1) is 0 Å². The molecule has 0 aliphatic carbocycles. The van der Waals surface area contributed by atoms with E-state index in [0.29, 0.717) is 47.9 Å². The van der Waals surface area contributed by atoms with Crippen molar-refractivity contribution in [1.82, 2.24) is 9.66 Å². The molecule has 0 unspecified atom stereocenters. The van der Waals surface area contributed by atoms with E-state index in [0.717, 1.165) is 32.9 Å². The van der Waals surface area contributed by atoms with Gasteiger partial charge in [-0.2, -0.15) is 9.78 Å². The molecule has 0 atom stereocenters. The Morgan fingerprint density at radius 1 is 0.944 bits per heavy atom. The maximum absolute atomic E-state index is 13.3. The summed E-state index contributed by atoms with van der Waals surface area (Å²) in [5.74, 6) is 1.92. The Morgan fingerprint density at radius 2 is 1.72 bits per heavy atom. The molecule has 0 amide bonds. The van der Waals surface area contributed by atoms with Gasteiger partial charge in [0.25, 0.3) is 5.56 Å². The maximum atomic E-state index is 13.3. The highest BCUT2D eigenvalue weighted by atomic mass is 79.9. The second-order valence-electron chi connectivity index (χ2n) is 8.21. The average Bonchev–Trinajstić information content (AvgIpc) is 2.88. The lowest BCUT2D eigenvalue weighted by Crippen LogP contribution is -2.22. The molecule has 4 rings (SSSR count). The molecule has 0 aliphatic rings. The molecule has 36 heavy (non-hydrogen) atoms. The zero-order valence-electron chi connectivity index (χ0n) is 20.2. The highest BCUT2D eigenvalue weighted by Crippen LogP contribution is 2.29. The number of ether oxygens (including phenoxy) is 2. The fourth-order valence-corrected chi connectivity index (χ4v) is 4.29. The van der Waals surface area contributed by atoms with Gasteiger partial charge in [-0.25, -0.2) is 4.98 Å². The first-order chi connectivity index (χ1) is 17.5. The van der Waals surface area contributed by atoms with Crippen LogP contribution in [0.1, 0.15) is 43.6 Å². The van der Waals surface area contributed by atoms with Crippen molar-refractivity contribution in [3.63, 3.8) is 0 Å². The number of hydrogen-bond donors (Lipinski definition) is 0. The third-order valence-electron chi connectivity index (χ3n) is 5.53. The topological polar surface area (TPSA) is 65.7 Å². The smallest absolute Gasteiger partial charge is 0.282 e. The molecule has 4 aromatic rings. The summed E-state index contributed by atoms with van der Waals surface area (Å²) in [6.45, 7) is 4.96. The normalized spacial score (nSPS) is 11.3. The Morgan fingerprint density at radius 3 is 2.47 bits per heavy atom. The van der Waals surface area contributed by atoms with E-state index in [-0.39, 0.29) is 5.56 Å². The summed E-state index contributed by atoms with van der Waals surface area (Å²) in [6.07, 6.45) is 4.24. The van der Waals surface area contributed by atoms with Crippen molar-refractivity contribution in [3.05, 3.63) is 96.9 Å². The lowest BCUT2D eigenvalue weighted by molar-refractivity contribution is 0.269. The average molecular weight is 613 g/mol. The van der Waals surface area contributed by atoms with Gasteiger partial charge in [0.05, 0.1) is 23.7 Å². The molecule has 1 aromatic heterocycles. The van der Waals surface area contributed by atoms with Gasteiger partial charge in [-0.3, -0.25) is 4.79 Å². The van der Waals surface area contributed by atoms with Crippen molar-refractivity contribution in [1.29, 1.82) is 0 Å². The van der Waals surface area contributed by atoms with Crippen LogP contribution < -0.4 is 15.0 Å². The largest absolute Gasteiger partial charge is 0.490 e. The molecule has 0 N–H and O–H groups in total. The quantitative estimate of drug-likeness (QED) is 0.179. The van der Waals surface area contributed by atoms with Crippen LogP contribution in [0, 0.1) is 0 Å². The van der Waals surface area contributed by atoms with E-state index in [2.05, 4.69) is 43.9 Å². The fourth-order valence-electron chi connectivity index (χ4n) is 3.67. The van der Waals surface area contributed by atoms with Gasteiger partial charge >= 0.3 is 0 Å². The van der Waals surface area contributed by atoms with E-state index < -0.39 is 0 Å². The van der Waals surface area contributed by atoms with Gasteiger partial charge in [0.15, 0.2) is 11.5 Å². The molecular weight excluding hydrogens is 586 g/mol. The summed E-state index contributed by atoms with van der Waals surface area (Å²) >= 11 is 6.89. The van der Waals surface area contributed by atoms with Gasteiger partial charge in [0.1, 0.15) is 12.4 Å². The van der Waals surface area contributed by atoms with Crippen LogP contribution >= 0.6 is 31.9 Å². The van der Waals surface area contributed by atoms with E-state index in [1.165, 1.54) is 4.68 Å². The van der Waals surface area contributed by atoms with E-state index in [4.69, 9.17) is 14.5 Å². The summed E-state index contributed by atoms with van der Waals surface area (Å²) in [4.78, 5) is 18.0. The molecule has 0 spiro atoms. The Hall–Kier alpha value is -2.97. The lowest BCUT2D eigenvalue weighted by atomic mass is 10.2. The molecule has 6 nitrogen and oxygen atoms in total. The highest BCUT2D eigenvalue weighted by Gasteiger charge is 2.12. The molecule has 3 aromatic carbocycles. The second kappa shape index (κ2) is 12.3. The minimum Gasteiger partial charge on any atom is -0.490 e. The van der Waals surface area contributed by atoms with Crippen LogP contribution in [0.5, 0.6) is 11.5 Å². The van der Waals surface area contributed by atoms with E-state index >= 15 is 0 Å². The van der Waals surface area contributed by atoms with E-state index in [9.17, 15) is 4.79 Å². The summed E-state index contributed by atoms with van der Waals surface area (Å²) in [5.41, 5.74) is 2.33. The molecule has 0 radical (unpaired) electrons. The summed E-state index contributed by atoms with van der Waals surface area (Å²) in [6, 6.07) is 19.1. The minimum absolute atomic E-state index is 0.192. The monoisotopic (exact) mass is 611 g/mol. The van der Waals surface area contributed by atoms with Gasteiger partial charge in [0.2, 0.25) is 0 Å². The lowest BCUT2D eigenvalue weighted by Gasteiger charge is -2.13. The molecule has 186 valence electrons. The van der Waals surface area contributed by atoms with Crippen LogP contribution in [0.25, 0.3) is 10.9 Å². The van der Waals surface area contributed by atoms with Crippen LogP contribution in [0.15, 0.2) is 79.5 Å². The van der Waals surface area contributed by atoms with Crippen molar-refractivity contribution in [2.75, 3.05) is 6.61 Å². The number of nitrogens with zero attached hydrogens (tertiary/aromatic N) is 3. The molecular formula is C28H27Br2N3O3. The van der Waals surface area contributed by atoms with E-state index in [1.807, 2.05) is 61.5 Å². The Labute approximate surface area is 227 Å². The number of fused-ring (bicyclic) bond motifs is 1. The van der Waals surface area contributed by atoms with Crippen LogP contribution in [0.4, 0.5) is 0 Å². The van der Waals surface area contributed by atoms with Crippen LogP contribution in [-0.2, 0) is 13.0 Å². The van der Waals surface area contributed by atoms with Gasteiger partial charge < -0.3 is 9.47 Å². The van der Waals surface area contributed by atoms with Crippen molar-refractivity contribution in [3.8, 4) is 11.5 Å². The predicted octanol–water partition coefficient (Wildman–Crippen LogP) is 7.12. The first-order valence-electron chi connectivity index (χ1n) is 11.9. The first-order valence-corrected chi connectivity index (χ1v) is 13.5. The van der Waals surface area contributed by atoms with Crippen LogP contribution in [-0.4, -0.2) is 22.5 Å². The first kappa shape index (κ1) is 26.1. The predicted molar refractivity (Wildman–Crippen MR) is 151 cm³/mol. The summed E-state index contributed by atoms with van der Waals surface area (Å²) < 4.78 is 15.1. The minimum atomic E-state index is -0.192. The molecule has 0 aliphatic heterocycles. The van der Waals surface area contributed by atoms with Gasteiger partial charge in [-0.1, -0.05) is 57.3 Å². The zero-order chi connectivity index (χ0) is 25.5. The third kappa shape index (κ3) is 6.42. The molecule has 0 saturated heterocycles. The number of aryl methyl sites for hydroxylation is 1. The standard InChI is InChI=1S/C28H27Br2N3O3/c1-3-5-6-27-32-24-13-12-22(30)16-23(24)28(34)33(27)31-17-20-9-14-25(26(15-20)35-4-2)36-18-19-7-10-21(29)11-8-19/h7-17H,3-6,18H2,1-2H3. The number of rotatable bonds is 10. The number of halogens is 2. The number of benzene rings is 3. The van der Waals surface area contributed by atoms with Gasteiger partial charge in [-0.05, 0) is 73.0 Å². The Balaban J connectivity index is 1.63. The highest BCUT2D eigenvalue weighted by molar-refractivity contribution is 9.10. The number of unbranched alkanes of at least 4 members (excludes halogenated alkanes) is 1. The molecule has 1 heterocycles. The van der Waals surface area contributed by atoms with E-state index in [1.54, 1.807) is 12.3 Å². The molecule has 8 heteroatoms. The van der Waals surface area contributed by atoms with Crippen LogP contribution in [0.3, 0.4) is 0 Å². The fraction of sp³-hybridized carbons (Fsp3) is 0.250. The molecule has 0 saturated carbocycles. The van der Waals surface area contributed by atoms with Crippen LogP contribution in [0.2, 0.25) is 0 Å².